The highest BCUT2D eigenvalue weighted by atomic mass is 32.1. The number of rotatable bonds is 3. The van der Waals surface area contributed by atoms with Crippen LogP contribution in [0, 0.1) is 5.92 Å². The van der Waals surface area contributed by atoms with Crippen LogP contribution in [-0.4, -0.2) is 66.3 Å². The minimum Gasteiger partial charge on any atom is -0.481 e. The zero-order chi connectivity index (χ0) is 24.9. The van der Waals surface area contributed by atoms with Gasteiger partial charge in [-0.15, -0.1) is 5.10 Å². The van der Waals surface area contributed by atoms with Crippen molar-refractivity contribution in [3.05, 3.63) is 61.1 Å². The van der Waals surface area contributed by atoms with E-state index >= 15 is 0 Å². The Labute approximate surface area is 209 Å². The SMILES string of the molecule is CC(=O)O.CC(C)C1CN(c2ccc3nccn3n2)CCN1C(=S)Nc1cccc2ncccc12. The second kappa shape index (κ2) is 10.6. The molecular formula is C25H29N7O2S. The van der Waals surface area contributed by atoms with Crippen molar-refractivity contribution in [2.45, 2.75) is 26.8 Å². The van der Waals surface area contributed by atoms with Gasteiger partial charge in [-0.2, -0.15) is 0 Å². The number of carbonyl (C=O) groups is 1. The molecule has 5 rings (SSSR count). The summed E-state index contributed by atoms with van der Waals surface area (Å²) in [5.41, 5.74) is 2.81. The first-order chi connectivity index (χ1) is 16.8. The van der Waals surface area contributed by atoms with Crippen LogP contribution in [-0.2, 0) is 4.79 Å². The fourth-order valence-electron chi connectivity index (χ4n) is 4.21. The predicted molar refractivity (Wildman–Crippen MR) is 142 cm³/mol. The fraction of sp³-hybridized carbons (Fsp3) is 0.320. The molecule has 0 aliphatic carbocycles. The number of anilines is 2. The van der Waals surface area contributed by atoms with E-state index in [0.29, 0.717) is 5.92 Å². The molecule has 1 aliphatic rings. The number of aliphatic carboxylic acids is 1. The maximum atomic E-state index is 9.00. The first kappa shape index (κ1) is 24.3. The van der Waals surface area contributed by atoms with E-state index in [1.807, 2.05) is 41.2 Å². The molecule has 1 fully saturated rings. The van der Waals surface area contributed by atoms with Crippen LogP contribution in [0.3, 0.4) is 0 Å². The number of hydrogen-bond donors (Lipinski definition) is 2. The fourth-order valence-corrected chi connectivity index (χ4v) is 4.55. The van der Waals surface area contributed by atoms with Gasteiger partial charge < -0.3 is 20.2 Å². The van der Waals surface area contributed by atoms with Crippen LogP contribution >= 0.6 is 12.2 Å². The number of pyridine rings is 1. The Bertz CT molecular complexity index is 1330. The summed E-state index contributed by atoms with van der Waals surface area (Å²) in [6, 6.07) is 14.5. The molecule has 1 saturated heterocycles. The lowest BCUT2D eigenvalue weighted by molar-refractivity contribution is -0.134. The summed E-state index contributed by atoms with van der Waals surface area (Å²) in [7, 11) is 0. The molecule has 0 radical (unpaired) electrons. The molecule has 0 spiro atoms. The van der Waals surface area contributed by atoms with Crippen LogP contribution in [0.25, 0.3) is 16.6 Å². The zero-order valence-corrected chi connectivity index (χ0v) is 20.8. The lowest BCUT2D eigenvalue weighted by Crippen LogP contribution is -2.58. The van der Waals surface area contributed by atoms with E-state index in [-0.39, 0.29) is 6.04 Å². The third kappa shape index (κ3) is 5.65. The van der Waals surface area contributed by atoms with Gasteiger partial charge in [0.1, 0.15) is 5.82 Å². The molecule has 1 unspecified atom stereocenters. The minimum atomic E-state index is -0.833. The highest BCUT2D eigenvalue weighted by molar-refractivity contribution is 7.80. The molecule has 2 N–H and O–H groups in total. The molecule has 4 heterocycles. The molecule has 0 amide bonds. The maximum Gasteiger partial charge on any atom is 0.300 e. The van der Waals surface area contributed by atoms with Crippen LogP contribution in [0.4, 0.5) is 11.5 Å². The Kier molecular flexibility index (Phi) is 7.40. The Balaban J connectivity index is 0.000000672. The Morgan fingerprint density at radius 3 is 2.69 bits per heavy atom. The van der Waals surface area contributed by atoms with Gasteiger partial charge in [-0.05, 0) is 54.5 Å². The van der Waals surface area contributed by atoms with Crippen molar-refractivity contribution in [1.82, 2.24) is 24.5 Å². The third-order valence-electron chi connectivity index (χ3n) is 5.90. The van der Waals surface area contributed by atoms with E-state index < -0.39 is 5.97 Å². The molecule has 1 aliphatic heterocycles. The number of nitrogens with zero attached hydrogens (tertiary/aromatic N) is 6. The number of thiocarbonyl (C=S) groups is 1. The molecular weight excluding hydrogens is 462 g/mol. The highest BCUT2D eigenvalue weighted by Crippen LogP contribution is 2.25. The summed E-state index contributed by atoms with van der Waals surface area (Å²) in [5.74, 6) is 0.573. The van der Waals surface area contributed by atoms with Crippen molar-refractivity contribution < 1.29 is 9.90 Å². The number of imidazole rings is 1. The summed E-state index contributed by atoms with van der Waals surface area (Å²) in [5, 5.41) is 17.5. The van der Waals surface area contributed by atoms with Gasteiger partial charge in [0.25, 0.3) is 5.97 Å². The quantitative estimate of drug-likeness (QED) is 0.413. The standard InChI is InChI=1S/C23H25N7S.C2H4O2/c1-16(2)20-15-28(22-9-8-21-25-11-12-30(21)27-22)13-14-29(20)23(31)26-19-7-3-6-18-17(19)5-4-10-24-18;1-2(3)4/h3-12,16,20H,13-15H2,1-2H3,(H,26,31);1H3,(H,3,4). The maximum absolute atomic E-state index is 9.00. The number of carboxylic acid groups (broad SMARTS) is 1. The predicted octanol–water partition coefficient (Wildman–Crippen LogP) is 3.91. The van der Waals surface area contributed by atoms with Crippen molar-refractivity contribution in [3.8, 4) is 0 Å². The number of piperazine rings is 1. The molecule has 3 aromatic heterocycles. The molecule has 182 valence electrons. The topological polar surface area (TPSA) is 98.9 Å². The second-order valence-electron chi connectivity index (χ2n) is 8.70. The van der Waals surface area contributed by atoms with E-state index in [1.165, 1.54) is 0 Å². The zero-order valence-electron chi connectivity index (χ0n) is 20.0. The number of carboxylic acids is 1. The number of benzene rings is 1. The van der Waals surface area contributed by atoms with E-state index in [1.54, 1.807) is 6.20 Å². The molecule has 35 heavy (non-hydrogen) atoms. The lowest BCUT2D eigenvalue weighted by Gasteiger charge is -2.45. The second-order valence-corrected chi connectivity index (χ2v) is 9.08. The van der Waals surface area contributed by atoms with Crippen molar-refractivity contribution >= 4 is 51.4 Å². The molecule has 0 bridgehead atoms. The van der Waals surface area contributed by atoms with E-state index in [2.05, 4.69) is 57.1 Å². The lowest BCUT2D eigenvalue weighted by atomic mass is 10.00. The summed E-state index contributed by atoms with van der Waals surface area (Å²) in [4.78, 5) is 22.4. The van der Waals surface area contributed by atoms with Crippen molar-refractivity contribution in [2.24, 2.45) is 5.92 Å². The molecule has 4 aromatic rings. The van der Waals surface area contributed by atoms with Crippen molar-refractivity contribution in [1.29, 1.82) is 0 Å². The van der Waals surface area contributed by atoms with E-state index in [4.69, 9.17) is 27.2 Å². The smallest absolute Gasteiger partial charge is 0.300 e. The van der Waals surface area contributed by atoms with Gasteiger partial charge in [0.15, 0.2) is 10.8 Å². The summed E-state index contributed by atoms with van der Waals surface area (Å²) < 4.78 is 1.83. The van der Waals surface area contributed by atoms with Gasteiger partial charge in [0.05, 0.1) is 11.6 Å². The van der Waals surface area contributed by atoms with Gasteiger partial charge in [-0.3, -0.25) is 9.78 Å². The van der Waals surface area contributed by atoms with Crippen LogP contribution in [0.1, 0.15) is 20.8 Å². The molecule has 1 aromatic carbocycles. The highest BCUT2D eigenvalue weighted by Gasteiger charge is 2.31. The summed E-state index contributed by atoms with van der Waals surface area (Å²) >= 11 is 5.87. The van der Waals surface area contributed by atoms with E-state index in [0.717, 1.165) is 59.7 Å². The molecule has 1 atom stereocenters. The Hall–Kier alpha value is -3.79. The molecule has 9 nitrogen and oxygen atoms in total. The Morgan fingerprint density at radius 2 is 1.91 bits per heavy atom. The van der Waals surface area contributed by atoms with Crippen molar-refractivity contribution in [3.63, 3.8) is 0 Å². The first-order valence-corrected chi connectivity index (χ1v) is 11.9. The summed E-state index contributed by atoms with van der Waals surface area (Å²) in [6.07, 6.45) is 5.47. The van der Waals surface area contributed by atoms with Gasteiger partial charge in [0, 0.05) is 56.2 Å². The molecule has 0 saturated carbocycles. The number of hydrogen-bond acceptors (Lipinski definition) is 6. The first-order valence-electron chi connectivity index (χ1n) is 11.5. The third-order valence-corrected chi connectivity index (χ3v) is 6.24. The average molecular weight is 492 g/mol. The Morgan fingerprint density at radius 1 is 1.11 bits per heavy atom. The van der Waals surface area contributed by atoms with Crippen LogP contribution in [0.5, 0.6) is 0 Å². The molecule has 10 heteroatoms. The number of fused-ring (bicyclic) bond motifs is 2. The number of nitrogens with one attached hydrogen (secondary N) is 1. The monoisotopic (exact) mass is 491 g/mol. The van der Waals surface area contributed by atoms with E-state index in [9.17, 15) is 0 Å². The summed E-state index contributed by atoms with van der Waals surface area (Å²) in [6.45, 7) is 8.14. The minimum absolute atomic E-state index is 0.280. The van der Waals surface area contributed by atoms with Gasteiger partial charge in [0.2, 0.25) is 0 Å². The van der Waals surface area contributed by atoms with Crippen LogP contribution < -0.4 is 10.2 Å². The van der Waals surface area contributed by atoms with Crippen LogP contribution in [0.2, 0.25) is 0 Å². The average Bonchev–Trinajstić information content (AvgIpc) is 3.31. The van der Waals surface area contributed by atoms with Gasteiger partial charge in [-0.1, -0.05) is 19.9 Å². The van der Waals surface area contributed by atoms with Gasteiger partial charge >= 0.3 is 0 Å². The van der Waals surface area contributed by atoms with Gasteiger partial charge in [-0.25, -0.2) is 9.50 Å². The van der Waals surface area contributed by atoms with Crippen molar-refractivity contribution in [2.75, 3.05) is 29.9 Å². The van der Waals surface area contributed by atoms with Crippen LogP contribution in [0.15, 0.2) is 61.1 Å². The normalized spacial score (nSPS) is 15.7. The number of aromatic nitrogens is 4. The largest absolute Gasteiger partial charge is 0.481 e.